The Morgan fingerprint density at radius 2 is 1.95 bits per heavy atom. The lowest BCUT2D eigenvalue weighted by Gasteiger charge is -2.27. The molecule has 1 aliphatic rings. The molecule has 0 spiro atoms. The molecular weight excluding hydrogens is 258 g/mol. The van der Waals surface area contributed by atoms with E-state index in [0.29, 0.717) is 12.6 Å². The molecule has 2 heteroatoms. The van der Waals surface area contributed by atoms with Crippen LogP contribution in [0.4, 0.5) is 5.69 Å². The first-order valence-electron chi connectivity index (χ1n) is 7.83. The Morgan fingerprint density at radius 1 is 1.14 bits per heavy atom. The lowest BCUT2D eigenvalue weighted by atomic mass is 9.88. The topological polar surface area (TPSA) is 21.3 Å². The molecule has 0 heterocycles. The monoisotopic (exact) mass is 281 g/mol. The van der Waals surface area contributed by atoms with Crippen molar-refractivity contribution < 1.29 is 4.74 Å². The summed E-state index contributed by atoms with van der Waals surface area (Å²) in [5, 5.41) is 3.68. The second-order valence-corrected chi connectivity index (χ2v) is 5.79. The van der Waals surface area contributed by atoms with Gasteiger partial charge in [0, 0.05) is 6.04 Å². The van der Waals surface area contributed by atoms with Crippen LogP contribution in [0.1, 0.15) is 30.0 Å². The van der Waals surface area contributed by atoms with Crippen LogP contribution in [0.15, 0.2) is 42.5 Å². The highest BCUT2D eigenvalue weighted by atomic mass is 16.5. The van der Waals surface area contributed by atoms with Crippen LogP contribution < -0.4 is 10.1 Å². The minimum absolute atomic E-state index is 0.488. The van der Waals surface area contributed by atoms with Crippen LogP contribution in [0.2, 0.25) is 0 Å². The smallest absolute Gasteiger partial charge is 0.142 e. The van der Waals surface area contributed by atoms with E-state index in [0.717, 1.165) is 24.3 Å². The summed E-state index contributed by atoms with van der Waals surface area (Å²) >= 11 is 0. The maximum atomic E-state index is 5.77. The highest BCUT2D eigenvalue weighted by Crippen LogP contribution is 2.29. The summed E-state index contributed by atoms with van der Waals surface area (Å²) in [6.45, 7) is 4.83. The van der Waals surface area contributed by atoms with Crippen molar-refractivity contribution in [2.24, 2.45) is 0 Å². The van der Waals surface area contributed by atoms with E-state index >= 15 is 0 Å². The van der Waals surface area contributed by atoms with Crippen LogP contribution in [0.25, 0.3) is 0 Å². The van der Waals surface area contributed by atoms with Crippen molar-refractivity contribution in [1.29, 1.82) is 0 Å². The Kier molecular flexibility index (Phi) is 4.14. The summed E-state index contributed by atoms with van der Waals surface area (Å²) in [5.74, 6) is 0.969. The standard InChI is InChI=1S/C19H23NO/c1-3-21-19-12-14(2)8-11-18(19)20-17-10-9-15-6-4-5-7-16(15)13-17/h4-8,11-12,17,20H,3,9-10,13H2,1-2H3. The van der Waals surface area contributed by atoms with E-state index in [1.54, 1.807) is 0 Å². The Hall–Kier alpha value is -1.96. The number of fused-ring (bicyclic) bond motifs is 1. The van der Waals surface area contributed by atoms with E-state index in [2.05, 4.69) is 54.7 Å². The van der Waals surface area contributed by atoms with Crippen molar-refractivity contribution >= 4 is 5.69 Å². The zero-order chi connectivity index (χ0) is 14.7. The molecule has 21 heavy (non-hydrogen) atoms. The van der Waals surface area contributed by atoms with Gasteiger partial charge < -0.3 is 10.1 Å². The molecule has 1 aliphatic carbocycles. The fourth-order valence-corrected chi connectivity index (χ4v) is 3.06. The van der Waals surface area contributed by atoms with Gasteiger partial charge in [0.1, 0.15) is 5.75 Å². The molecule has 0 aromatic heterocycles. The number of benzene rings is 2. The van der Waals surface area contributed by atoms with Gasteiger partial charge in [-0.25, -0.2) is 0 Å². The van der Waals surface area contributed by atoms with Crippen LogP contribution in [-0.4, -0.2) is 12.6 Å². The van der Waals surface area contributed by atoms with E-state index in [-0.39, 0.29) is 0 Å². The largest absolute Gasteiger partial charge is 0.492 e. The predicted octanol–water partition coefficient (Wildman–Crippen LogP) is 4.36. The van der Waals surface area contributed by atoms with Gasteiger partial charge in [-0.15, -0.1) is 0 Å². The Bertz CT molecular complexity index is 621. The van der Waals surface area contributed by atoms with Crippen LogP contribution in [0.5, 0.6) is 5.75 Å². The van der Waals surface area contributed by atoms with E-state index in [1.807, 2.05) is 6.92 Å². The Morgan fingerprint density at radius 3 is 2.76 bits per heavy atom. The van der Waals surface area contributed by atoms with Gasteiger partial charge in [-0.3, -0.25) is 0 Å². The molecule has 0 saturated heterocycles. The van der Waals surface area contributed by atoms with E-state index in [4.69, 9.17) is 4.74 Å². The van der Waals surface area contributed by atoms with Crippen LogP contribution in [-0.2, 0) is 12.8 Å². The van der Waals surface area contributed by atoms with Crippen molar-refractivity contribution in [2.75, 3.05) is 11.9 Å². The van der Waals surface area contributed by atoms with Gasteiger partial charge in [-0.1, -0.05) is 30.3 Å². The zero-order valence-corrected chi connectivity index (χ0v) is 12.9. The second kappa shape index (κ2) is 6.21. The third-order valence-electron chi connectivity index (χ3n) is 4.14. The first-order valence-corrected chi connectivity index (χ1v) is 7.83. The van der Waals surface area contributed by atoms with E-state index < -0.39 is 0 Å². The number of hydrogen-bond acceptors (Lipinski definition) is 2. The third kappa shape index (κ3) is 3.21. The molecule has 0 amide bonds. The van der Waals surface area contributed by atoms with Crippen molar-refractivity contribution in [1.82, 2.24) is 0 Å². The van der Waals surface area contributed by atoms with Crippen molar-refractivity contribution in [3.8, 4) is 5.75 Å². The van der Waals surface area contributed by atoms with Crippen molar-refractivity contribution in [3.05, 3.63) is 59.2 Å². The molecule has 0 saturated carbocycles. The Labute approximate surface area is 127 Å². The summed E-state index contributed by atoms with van der Waals surface area (Å²) in [4.78, 5) is 0. The molecule has 110 valence electrons. The molecule has 0 bridgehead atoms. The van der Waals surface area contributed by atoms with Gasteiger partial charge in [-0.2, -0.15) is 0 Å². The second-order valence-electron chi connectivity index (χ2n) is 5.79. The molecule has 2 aromatic rings. The van der Waals surface area contributed by atoms with Crippen molar-refractivity contribution in [3.63, 3.8) is 0 Å². The van der Waals surface area contributed by atoms with Gasteiger partial charge in [0.15, 0.2) is 0 Å². The van der Waals surface area contributed by atoms with Crippen LogP contribution in [0, 0.1) is 6.92 Å². The number of hydrogen-bond donors (Lipinski definition) is 1. The molecule has 1 N–H and O–H groups in total. The predicted molar refractivity (Wildman–Crippen MR) is 88.2 cm³/mol. The molecule has 2 nitrogen and oxygen atoms in total. The fourth-order valence-electron chi connectivity index (χ4n) is 3.06. The maximum absolute atomic E-state index is 5.77. The number of anilines is 1. The van der Waals surface area contributed by atoms with Crippen LogP contribution in [0.3, 0.4) is 0 Å². The SMILES string of the molecule is CCOc1cc(C)ccc1NC1CCc2ccccc2C1. The Balaban J connectivity index is 1.76. The molecule has 1 unspecified atom stereocenters. The highest BCUT2D eigenvalue weighted by molar-refractivity contribution is 5.58. The molecule has 0 aliphatic heterocycles. The molecule has 2 aromatic carbocycles. The van der Waals surface area contributed by atoms with E-state index in [9.17, 15) is 0 Å². The van der Waals surface area contributed by atoms with Gasteiger partial charge in [0.05, 0.1) is 12.3 Å². The fraction of sp³-hybridized carbons (Fsp3) is 0.368. The molecular formula is C19H23NO. The van der Waals surface area contributed by atoms with Crippen LogP contribution >= 0.6 is 0 Å². The normalized spacial score (nSPS) is 17.1. The third-order valence-corrected chi connectivity index (χ3v) is 4.14. The van der Waals surface area contributed by atoms with Crippen molar-refractivity contribution in [2.45, 2.75) is 39.2 Å². The average Bonchev–Trinajstić information content (AvgIpc) is 2.50. The minimum atomic E-state index is 0.488. The number of rotatable bonds is 4. The summed E-state index contributed by atoms with van der Waals surface area (Å²) in [7, 11) is 0. The highest BCUT2D eigenvalue weighted by Gasteiger charge is 2.19. The molecule has 1 atom stereocenters. The lowest BCUT2D eigenvalue weighted by molar-refractivity contribution is 0.341. The summed E-state index contributed by atoms with van der Waals surface area (Å²) in [6.07, 6.45) is 3.43. The van der Waals surface area contributed by atoms with Gasteiger partial charge >= 0.3 is 0 Å². The quantitative estimate of drug-likeness (QED) is 0.899. The van der Waals surface area contributed by atoms with Gasteiger partial charge in [-0.05, 0) is 61.9 Å². The summed E-state index contributed by atoms with van der Waals surface area (Å²) in [5.41, 5.74) is 5.33. The summed E-state index contributed by atoms with van der Waals surface area (Å²) < 4.78 is 5.77. The number of nitrogens with one attached hydrogen (secondary N) is 1. The van der Waals surface area contributed by atoms with Gasteiger partial charge in [0.25, 0.3) is 0 Å². The first kappa shape index (κ1) is 14.0. The average molecular weight is 281 g/mol. The number of aryl methyl sites for hydroxylation is 2. The lowest BCUT2D eigenvalue weighted by Crippen LogP contribution is -2.27. The van der Waals surface area contributed by atoms with Gasteiger partial charge in [0.2, 0.25) is 0 Å². The minimum Gasteiger partial charge on any atom is -0.492 e. The maximum Gasteiger partial charge on any atom is 0.142 e. The molecule has 0 fully saturated rings. The zero-order valence-electron chi connectivity index (χ0n) is 12.9. The first-order chi connectivity index (χ1) is 10.3. The van der Waals surface area contributed by atoms with E-state index in [1.165, 1.54) is 23.1 Å². The summed E-state index contributed by atoms with van der Waals surface area (Å²) in [6, 6.07) is 15.7. The number of ether oxygens (including phenoxy) is 1. The molecule has 0 radical (unpaired) electrons. The molecule has 3 rings (SSSR count).